The molecule has 10 nitrogen and oxygen atoms in total. The van der Waals surface area contributed by atoms with Crippen LogP contribution in [0.2, 0.25) is 0 Å². The van der Waals surface area contributed by atoms with Crippen LogP contribution in [-0.2, 0) is 6.61 Å². The number of benzene rings is 2. The van der Waals surface area contributed by atoms with E-state index in [4.69, 9.17) is 9.26 Å². The van der Waals surface area contributed by atoms with Crippen molar-refractivity contribution in [3.8, 4) is 5.75 Å². The Morgan fingerprint density at radius 1 is 1.10 bits per heavy atom. The molecule has 0 N–H and O–H groups in total. The predicted octanol–water partition coefficient (Wildman–Crippen LogP) is 2.83. The third-order valence-corrected chi connectivity index (χ3v) is 5.03. The number of anilines is 1. The van der Waals surface area contributed by atoms with Crippen molar-refractivity contribution in [3.05, 3.63) is 75.9 Å². The number of nitro groups is 1. The van der Waals surface area contributed by atoms with E-state index in [1.165, 1.54) is 12.1 Å². The lowest BCUT2D eigenvalue weighted by atomic mass is 10.1. The Morgan fingerprint density at radius 3 is 2.35 bits per heavy atom. The SMILES string of the molecule is Cc1nc(COc2ccc(C(=O)N3CCN(c4ccc([N+](=O)[O-])cc4)CC3)cc2)no1. The maximum absolute atomic E-state index is 12.8. The molecule has 1 fully saturated rings. The zero-order chi connectivity index (χ0) is 21.8. The fourth-order valence-corrected chi connectivity index (χ4v) is 3.38. The van der Waals surface area contributed by atoms with Crippen molar-refractivity contribution >= 4 is 17.3 Å². The standard InChI is InChI=1S/C21H21N5O5/c1-15-22-20(23-31-15)14-30-19-8-2-16(3-9-19)21(27)25-12-10-24(11-13-25)17-4-6-18(7-5-17)26(28)29/h2-9H,10-14H2,1H3. The molecule has 1 aromatic heterocycles. The molecule has 2 aromatic carbocycles. The van der Waals surface area contributed by atoms with Crippen LogP contribution in [0.1, 0.15) is 22.1 Å². The van der Waals surface area contributed by atoms with Gasteiger partial charge in [-0.05, 0) is 36.4 Å². The van der Waals surface area contributed by atoms with Crippen LogP contribution in [0, 0.1) is 17.0 Å². The Kier molecular flexibility index (Phi) is 5.78. The Labute approximate surface area is 178 Å². The average Bonchev–Trinajstić information content (AvgIpc) is 3.23. The van der Waals surface area contributed by atoms with Crippen LogP contribution in [0.15, 0.2) is 53.1 Å². The van der Waals surface area contributed by atoms with Gasteiger partial charge in [0.15, 0.2) is 6.61 Å². The van der Waals surface area contributed by atoms with Crippen molar-refractivity contribution in [1.29, 1.82) is 0 Å². The average molecular weight is 423 g/mol. The van der Waals surface area contributed by atoms with Crippen LogP contribution in [-0.4, -0.2) is 52.1 Å². The molecule has 0 atom stereocenters. The molecule has 160 valence electrons. The first-order chi connectivity index (χ1) is 15.0. The van der Waals surface area contributed by atoms with Crippen molar-refractivity contribution in [3.63, 3.8) is 0 Å². The van der Waals surface area contributed by atoms with Crippen molar-refractivity contribution < 1.29 is 19.0 Å². The van der Waals surface area contributed by atoms with E-state index < -0.39 is 4.92 Å². The number of hydrogen-bond acceptors (Lipinski definition) is 8. The van der Waals surface area contributed by atoms with Crippen molar-refractivity contribution in [1.82, 2.24) is 15.0 Å². The molecule has 0 unspecified atom stereocenters. The molecule has 0 bridgehead atoms. The predicted molar refractivity (Wildman–Crippen MR) is 111 cm³/mol. The monoisotopic (exact) mass is 423 g/mol. The normalized spacial score (nSPS) is 13.8. The van der Waals surface area contributed by atoms with Crippen LogP contribution in [0.5, 0.6) is 5.75 Å². The zero-order valence-corrected chi connectivity index (χ0v) is 16.9. The van der Waals surface area contributed by atoms with E-state index in [0.717, 1.165) is 5.69 Å². The van der Waals surface area contributed by atoms with Gasteiger partial charge in [0, 0.05) is 56.5 Å². The first-order valence-electron chi connectivity index (χ1n) is 9.80. The van der Waals surface area contributed by atoms with Crippen molar-refractivity contribution in [2.75, 3.05) is 31.1 Å². The molecule has 4 rings (SSSR count). The van der Waals surface area contributed by atoms with Gasteiger partial charge >= 0.3 is 0 Å². The van der Waals surface area contributed by atoms with Gasteiger partial charge in [-0.25, -0.2) is 0 Å². The smallest absolute Gasteiger partial charge is 0.269 e. The molecule has 31 heavy (non-hydrogen) atoms. The molecule has 3 aromatic rings. The van der Waals surface area contributed by atoms with Crippen LogP contribution < -0.4 is 9.64 Å². The highest BCUT2D eigenvalue weighted by Gasteiger charge is 2.22. The minimum Gasteiger partial charge on any atom is -0.485 e. The lowest BCUT2D eigenvalue weighted by Crippen LogP contribution is -2.48. The number of carbonyl (C=O) groups is 1. The van der Waals surface area contributed by atoms with Crippen LogP contribution in [0.3, 0.4) is 0 Å². The van der Waals surface area contributed by atoms with Gasteiger partial charge in [-0.3, -0.25) is 14.9 Å². The highest BCUT2D eigenvalue weighted by atomic mass is 16.6. The molecule has 1 aliphatic heterocycles. The summed E-state index contributed by atoms with van der Waals surface area (Å²) in [6.45, 7) is 4.37. The highest BCUT2D eigenvalue weighted by molar-refractivity contribution is 5.94. The molecular formula is C21H21N5O5. The van der Waals surface area contributed by atoms with Gasteiger partial charge in [0.2, 0.25) is 11.7 Å². The van der Waals surface area contributed by atoms with Crippen LogP contribution in [0.4, 0.5) is 11.4 Å². The molecule has 1 amide bonds. The Hall–Kier alpha value is -3.95. The summed E-state index contributed by atoms with van der Waals surface area (Å²) in [5.41, 5.74) is 1.57. The number of non-ortho nitro benzene ring substituents is 1. The lowest BCUT2D eigenvalue weighted by Gasteiger charge is -2.36. The van der Waals surface area contributed by atoms with Crippen molar-refractivity contribution in [2.24, 2.45) is 0 Å². The van der Waals surface area contributed by atoms with Gasteiger partial charge in [-0.2, -0.15) is 4.98 Å². The second-order valence-electron chi connectivity index (χ2n) is 7.10. The summed E-state index contributed by atoms with van der Waals surface area (Å²) >= 11 is 0. The molecular weight excluding hydrogens is 402 g/mol. The molecule has 0 radical (unpaired) electrons. The van der Waals surface area contributed by atoms with Gasteiger partial charge in [0.25, 0.3) is 11.6 Å². The number of nitro benzene ring substituents is 1. The summed E-state index contributed by atoms with van der Waals surface area (Å²) < 4.78 is 10.5. The summed E-state index contributed by atoms with van der Waals surface area (Å²) in [7, 11) is 0. The third kappa shape index (κ3) is 4.80. The largest absolute Gasteiger partial charge is 0.485 e. The molecule has 1 saturated heterocycles. The van der Waals surface area contributed by atoms with E-state index >= 15 is 0 Å². The van der Waals surface area contributed by atoms with Crippen LogP contribution >= 0.6 is 0 Å². The number of ether oxygens (including phenoxy) is 1. The van der Waals surface area contributed by atoms with Crippen molar-refractivity contribution in [2.45, 2.75) is 13.5 Å². The third-order valence-electron chi connectivity index (χ3n) is 5.03. The fourth-order valence-electron chi connectivity index (χ4n) is 3.38. The van der Waals surface area contributed by atoms with Gasteiger partial charge in [0.1, 0.15) is 5.75 Å². The number of aryl methyl sites for hydroxylation is 1. The van der Waals surface area contributed by atoms with E-state index in [1.54, 1.807) is 48.2 Å². The molecule has 0 saturated carbocycles. The quantitative estimate of drug-likeness (QED) is 0.439. The second kappa shape index (κ2) is 8.82. The lowest BCUT2D eigenvalue weighted by molar-refractivity contribution is -0.384. The van der Waals surface area contributed by atoms with Crippen LogP contribution in [0.25, 0.3) is 0 Å². The topological polar surface area (TPSA) is 115 Å². The van der Waals surface area contributed by atoms with E-state index in [0.29, 0.717) is 49.2 Å². The number of rotatable bonds is 6. The van der Waals surface area contributed by atoms with E-state index in [9.17, 15) is 14.9 Å². The van der Waals surface area contributed by atoms with Gasteiger partial charge in [-0.15, -0.1) is 0 Å². The maximum Gasteiger partial charge on any atom is 0.269 e. The number of piperazine rings is 1. The maximum atomic E-state index is 12.8. The summed E-state index contributed by atoms with van der Waals surface area (Å²) in [5.74, 6) is 1.52. The molecule has 0 aliphatic carbocycles. The Balaban J connectivity index is 1.30. The summed E-state index contributed by atoms with van der Waals surface area (Å²) in [6.07, 6.45) is 0. The minimum absolute atomic E-state index is 0.0382. The Bertz CT molecular complexity index is 1060. The molecule has 2 heterocycles. The zero-order valence-electron chi connectivity index (χ0n) is 16.9. The van der Waals surface area contributed by atoms with E-state index in [-0.39, 0.29) is 18.2 Å². The molecule has 10 heteroatoms. The first-order valence-corrected chi connectivity index (χ1v) is 9.80. The number of carbonyl (C=O) groups excluding carboxylic acids is 1. The summed E-state index contributed by atoms with van der Waals surface area (Å²) in [5, 5.41) is 14.6. The summed E-state index contributed by atoms with van der Waals surface area (Å²) in [4.78, 5) is 31.2. The number of aromatic nitrogens is 2. The van der Waals surface area contributed by atoms with E-state index in [2.05, 4.69) is 15.0 Å². The minimum atomic E-state index is -0.414. The first kappa shape index (κ1) is 20.3. The van der Waals surface area contributed by atoms with Gasteiger partial charge in [0.05, 0.1) is 4.92 Å². The van der Waals surface area contributed by atoms with Gasteiger partial charge in [-0.1, -0.05) is 5.16 Å². The van der Waals surface area contributed by atoms with Gasteiger partial charge < -0.3 is 19.1 Å². The van der Waals surface area contributed by atoms with E-state index in [1.807, 2.05) is 0 Å². The number of amides is 1. The fraction of sp³-hybridized carbons (Fsp3) is 0.286. The highest BCUT2D eigenvalue weighted by Crippen LogP contribution is 2.21. The second-order valence-corrected chi connectivity index (χ2v) is 7.10. The summed E-state index contributed by atoms with van der Waals surface area (Å²) in [6, 6.07) is 13.4. The number of hydrogen-bond donors (Lipinski definition) is 0. The molecule has 1 aliphatic rings. The molecule has 0 spiro atoms. The number of nitrogens with zero attached hydrogens (tertiary/aromatic N) is 5. The Morgan fingerprint density at radius 2 is 1.77 bits per heavy atom.